The topological polar surface area (TPSA) is 4.93 Å². The third kappa shape index (κ3) is 3.88. The molecule has 0 amide bonds. The summed E-state index contributed by atoms with van der Waals surface area (Å²) in [7, 11) is 0. The maximum atomic E-state index is 2.47. The summed E-state index contributed by atoms with van der Waals surface area (Å²) < 4.78 is 2.44. The first kappa shape index (κ1) is 28.4. The van der Waals surface area contributed by atoms with Crippen molar-refractivity contribution in [3.8, 4) is 50.2 Å². The summed E-state index contributed by atoms with van der Waals surface area (Å²) >= 11 is 0. The Labute approximate surface area is 288 Å². The number of rotatable bonds is 3. The smallest absolute Gasteiger partial charge is 0.0541 e. The van der Waals surface area contributed by atoms with E-state index < -0.39 is 0 Å². The molecule has 7 aromatic carbocycles. The minimum absolute atomic E-state index is 0.0803. The van der Waals surface area contributed by atoms with Gasteiger partial charge in [0.1, 0.15) is 0 Å². The maximum absolute atomic E-state index is 2.47. The van der Waals surface area contributed by atoms with Gasteiger partial charge in [-0.15, -0.1) is 0 Å². The van der Waals surface area contributed by atoms with Gasteiger partial charge in [-0.2, -0.15) is 0 Å². The number of benzene rings is 7. The van der Waals surface area contributed by atoms with Gasteiger partial charge in [0.05, 0.1) is 11.0 Å². The van der Waals surface area contributed by atoms with Gasteiger partial charge in [-0.05, 0) is 103 Å². The van der Waals surface area contributed by atoms with Crippen LogP contribution in [0.15, 0.2) is 152 Å². The van der Waals surface area contributed by atoms with Crippen molar-refractivity contribution >= 4 is 21.8 Å². The normalized spacial score (nSPS) is 14.9. The van der Waals surface area contributed by atoms with Crippen molar-refractivity contribution < 1.29 is 0 Å². The molecule has 2 aliphatic rings. The van der Waals surface area contributed by atoms with E-state index in [2.05, 4.69) is 184 Å². The molecule has 1 heteroatoms. The predicted molar refractivity (Wildman–Crippen MR) is 207 cm³/mol. The first-order chi connectivity index (χ1) is 23.8. The van der Waals surface area contributed by atoms with Crippen LogP contribution in [0.1, 0.15) is 49.9 Å². The molecule has 0 atom stereocenters. The average molecular weight is 628 g/mol. The lowest BCUT2D eigenvalue weighted by atomic mass is 9.77. The summed E-state index contributed by atoms with van der Waals surface area (Å²) in [6, 6.07) is 56.5. The fourth-order valence-electron chi connectivity index (χ4n) is 9.18. The van der Waals surface area contributed by atoms with Crippen LogP contribution in [0.5, 0.6) is 0 Å². The van der Waals surface area contributed by atoms with E-state index in [1.54, 1.807) is 0 Å². The van der Waals surface area contributed by atoms with Crippen LogP contribution in [0.3, 0.4) is 0 Å². The summed E-state index contributed by atoms with van der Waals surface area (Å²) in [6.45, 7) is 9.65. The zero-order chi connectivity index (χ0) is 33.1. The molecule has 0 bridgehead atoms. The molecular weight excluding hydrogens is 591 g/mol. The Morgan fingerprint density at radius 2 is 0.959 bits per heavy atom. The third-order valence-corrected chi connectivity index (χ3v) is 11.6. The SMILES string of the molecule is CC1(C)c2ccc(-c3cccc(-c4ccccc4)c3)cc2-c2c1ccc1c2C(C)(C)c2ccc(-n3c4ccccc4c4ccccc43)cc2-1. The number of hydrogen-bond acceptors (Lipinski definition) is 0. The quantitative estimate of drug-likeness (QED) is 0.184. The average Bonchev–Trinajstić information content (AvgIpc) is 3.68. The molecule has 234 valence electrons. The lowest BCUT2D eigenvalue weighted by Crippen LogP contribution is -2.18. The van der Waals surface area contributed by atoms with Crippen molar-refractivity contribution in [2.45, 2.75) is 38.5 Å². The van der Waals surface area contributed by atoms with Crippen molar-refractivity contribution in [1.82, 2.24) is 4.57 Å². The van der Waals surface area contributed by atoms with Crippen molar-refractivity contribution in [2.24, 2.45) is 0 Å². The molecule has 0 saturated heterocycles. The molecule has 1 nitrogen and oxygen atoms in total. The van der Waals surface area contributed by atoms with Gasteiger partial charge in [-0.1, -0.05) is 143 Å². The first-order valence-corrected chi connectivity index (χ1v) is 17.4. The van der Waals surface area contributed by atoms with Gasteiger partial charge < -0.3 is 4.57 Å². The van der Waals surface area contributed by atoms with E-state index in [9.17, 15) is 0 Å². The first-order valence-electron chi connectivity index (χ1n) is 17.4. The summed E-state index contributed by atoms with van der Waals surface area (Å²) in [5.74, 6) is 0. The highest BCUT2D eigenvalue weighted by atomic mass is 15.0. The highest BCUT2D eigenvalue weighted by Crippen LogP contribution is 2.59. The molecule has 8 aromatic rings. The van der Waals surface area contributed by atoms with Crippen LogP contribution in [0.25, 0.3) is 72.0 Å². The lowest BCUT2D eigenvalue weighted by molar-refractivity contribution is 0.647. The molecule has 49 heavy (non-hydrogen) atoms. The van der Waals surface area contributed by atoms with Gasteiger partial charge in [-0.25, -0.2) is 0 Å². The number of para-hydroxylation sites is 2. The highest BCUT2D eigenvalue weighted by molar-refractivity contribution is 6.09. The molecule has 0 aliphatic heterocycles. The third-order valence-electron chi connectivity index (χ3n) is 11.6. The summed E-state index contributed by atoms with van der Waals surface area (Å²) in [5, 5.41) is 2.59. The van der Waals surface area contributed by atoms with Crippen LogP contribution in [0.2, 0.25) is 0 Å². The summed E-state index contributed by atoms with van der Waals surface area (Å²) in [4.78, 5) is 0. The fraction of sp³-hybridized carbons (Fsp3) is 0.125. The molecule has 0 saturated carbocycles. The van der Waals surface area contributed by atoms with Gasteiger partial charge in [0, 0.05) is 27.3 Å². The van der Waals surface area contributed by atoms with Gasteiger partial charge in [0.2, 0.25) is 0 Å². The van der Waals surface area contributed by atoms with Crippen molar-refractivity contribution in [3.05, 3.63) is 174 Å². The van der Waals surface area contributed by atoms with Gasteiger partial charge in [0.25, 0.3) is 0 Å². The Bertz CT molecular complexity index is 2590. The minimum atomic E-state index is -0.143. The molecule has 1 aromatic heterocycles. The second-order valence-electron chi connectivity index (χ2n) is 15.0. The van der Waals surface area contributed by atoms with Crippen molar-refractivity contribution in [1.29, 1.82) is 0 Å². The Hall–Kier alpha value is -5.66. The molecule has 0 N–H and O–H groups in total. The summed E-state index contributed by atoms with van der Waals surface area (Å²) in [6.07, 6.45) is 0. The second-order valence-corrected chi connectivity index (χ2v) is 15.0. The zero-order valence-electron chi connectivity index (χ0n) is 28.4. The van der Waals surface area contributed by atoms with E-state index in [4.69, 9.17) is 0 Å². The van der Waals surface area contributed by atoms with E-state index in [-0.39, 0.29) is 10.8 Å². The van der Waals surface area contributed by atoms with E-state index >= 15 is 0 Å². The maximum Gasteiger partial charge on any atom is 0.0541 e. The second kappa shape index (κ2) is 9.94. The monoisotopic (exact) mass is 627 g/mol. The lowest BCUT2D eigenvalue weighted by Gasteiger charge is -2.26. The van der Waals surface area contributed by atoms with E-state index in [0.29, 0.717) is 0 Å². The number of aromatic nitrogens is 1. The van der Waals surface area contributed by atoms with Gasteiger partial charge >= 0.3 is 0 Å². The molecule has 0 spiro atoms. The number of fused-ring (bicyclic) bond motifs is 10. The van der Waals surface area contributed by atoms with Crippen LogP contribution < -0.4 is 0 Å². The molecule has 0 fully saturated rings. The standard InChI is InChI=1S/C48H37N/c1-47(2)41-24-21-33(32-16-12-15-31(27-32)30-13-6-5-7-14-30)28-39(41)45-42(47)26-23-37-38-29-34(22-25-40(38)48(3,4)46(37)45)49-43-19-10-8-17-35(43)36-18-9-11-20-44(36)49/h5-29H,1-4H3. The molecular formula is C48H37N. The molecule has 2 aliphatic carbocycles. The largest absolute Gasteiger partial charge is 0.309 e. The van der Waals surface area contributed by atoms with E-state index in [1.165, 1.54) is 94.3 Å². The summed E-state index contributed by atoms with van der Waals surface area (Å²) in [5.41, 5.74) is 19.7. The molecule has 1 heterocycles. The van der Waals surface area contributed by atoms with Gasteiger partial charge in [0.15, 0.2) is 0 Å². The number of hydrogen-bond donors (Lipinski definition) is 0. The molecule has 0 unspecified atom stereocenters. The highest BCUT2D eigenvalue weighted by Gasteiger charge is 2.44. The van der Waals surface area contributed by atoms with Crippen LogP contribution in [-0.2, 0) is 10.8 Å². The van der Waals surface area contributed by atoms with Crippen LogP contribution in [0.4, 0.5) is 0 Å². The predicted octanol–water partition coefficient (Wildman–Crippen LogP) is 12.7. The van der Waals surface area contributed by atoms with Gasteiger partial charge in [-0.3, -0.25) is 0 Å². The Morgan fingerprint density at radius 3 is 1.69 bits per heavy atom. The van der Waals surface area contributed by atoms with E-state index in [1.807, 2.05) is 0 Å². The number of nitrogens with zero attached hydrogens (tertiary/aromatic N) is 1. The van der Waals surface area contributed by atoms with Crippen LogP contribution in [0, 0.1) is 0 Å². The van der Waals surface area contributed by atoms with Crippen LogP contribution in [-0.4, -0.2) is 4.57 Å². The zero-order valence-corrected chi connectivity index (χ0v) is 28.4. The van der Waals surface area contributed by atoms with Crippen molar-refractivity contribution in [2.75, 3.05) is 0 Å². The van der Waals surface area contributed by atoms with Crippen molar-refractivity contribution in [3.63, 3.8) is 0 Å². The van der Waals surface area contributed by atoms with Crippen LogP contribution >= 0.6 is 0 Å². The molecule has 0 radical (unpaired) electrons. The Kier molecular flexibility index (Phi) is 5.75. The Balaban J connectivity index is 1.16. The Morgan fingerprint density at radius 1 is 0.388 bits per heavy atom. The minimum Gasteiger partial charge on any atom is -0.309 e. The fourth-order valence-corrected chi connectivity index (χ4v) is 9.18. The van der Waals surface area contributed by atoms with E-state index in [0.717, 1.165) is 0 Å². The molecule has 10 rings (SSSR count).